The summed E-state index contributed by atoms with van der Waals surface area (Å²) >= 11 is 0. The van der Waals surface area contributed by atoms with Crippen LogP contribution < -0.4 is 4.74 Å². The molecule has 0 atom stereocenters. The van der Waals surface area contributed by atoms with Crippen LogP contribution in [0.4, 0.5) is 0 Å². The van der Waals surface area contributed by atoms with E-state index in [0.29, 0.717) is 0 Å². The average Bonchev–Trinajstić information content (AvgIpc) is 2.35. The maximum atomic E-state index is 5.30. The molecule has 0 radical (unpaired) electrons. The van der Waals surface area contributed by atoms with Gasteiger partial charge in [-0.1, -0.05) is 24.8 Å². The molecule has 0 unspecified atom stereocenters. The zero-order valence-corrected chi connectivity index (χ0v) is 9.86. The van der Waals surface area contributed by atoms with E-state index in [9.17, 15) is 0 Å². The summed E-state index contributed by atoms with van der Waals surface area (Å²) in [5.41, 5.74) is 1.07. The predicted octanol–water partition coefficient (Wildman–Crippen LogP) is 2.97. The van der Waals surface area contributed by atoms with Crippen LogP contribution >= 0.6 is 0 Å². The molecule has 84 valence electrons. The van der Waals surface area contributed by atoms with Crippen LogP contribution in [0.25, 0.3) is 6.08 Å². The minimum absolute atomic E-state index is 0.755. The van der Waals surface area contributed by atoms with Crippen molar-refractivity contribution in [3.63, 3.8) is 0 Å². The minimum atomic E-state index is 0.755. The summed E-state index contributed by atoms with van der Waals surface area (Å²) in [5.74, 6) is 0.755. The maximum Gasteiger partial charge on any atom is 0.140 e. The lowest BCUT2D eigenvalue weighted by molar-refractivity contribution is 0.432. The summed E-state index contributed by atoms with van der Waals surface area (Å²) in [4.78, 5) is 1.98. The second-order valence-corrected chi connectivity index (χ2v) is 3.26. The Bertz CT molecular complexity index is 379. The average molecular weight is 215 g/mol. The van der Waals surface area contributed by atoms with Crippen LogP contribution in [-0.2, 0) is 0 Å². The van der Waals surface area contributed by atoms with Crippen LogP contribution in [-0.4, -0.2) is 18.0 Å². The summed E-state index contributed by atoms with van der Waals surface area (Å²) in [6, 6.07) is 10.6. The molecule has 0 aliphatic heterocycles. The van der Waals surface area contributed by atoms with E-state index in [-0.39, 0.29) is 0 Å². The maximum absolute atomic E-state index is 5.30. The third-order valence-corrected chi connectivity index (χ3v) is 2.25. The van der Waals surface area contributed by atoms with E-state index in [2.05, 4.69) is 32.6 Å². The predicted molar refractivity (Wildman–Crippen MR) is 67.9 cm³/mol. The standard InChI is InChI=1S/C14H17NO/c1-4-13-7-9-14(10-8-13)16-12-11-15(5-2)6-3/h4,7-10H,1,5-6H2,2-3H3. The van der Waals surface area contributed by atoms with Gasteiger partial charge in [-0.25, -0.2) is 0 Å². The van der Waals surface area contributed by atoms with Gasteiger partial charge in [0.05, 0.1) is 6.04 Å². The monoisotopic (exact) mass is 215 g/mol. The van der Waals surface area contributed by atoms with Crippen molar-refractivity contribution in [1.29, 1.82) is 0 Å². The van der Waals surface area contributed by atoms with E-state index in [4.69, 9.17) is 4.74 Å². The number of hydrogen-bond acceptors (Lipinski definition) is 2. The van der Waals surface area contributed by atoms with Gasteiger partial charge in [0.25, 0.3) is 0 Å². The molecule has 0 bridgehead atoms. The fourth-order valence-electron chi connectivity index (χ4n) is 1.20. The van der Waals surface area contributed by atoms with Crippen LogP contribution in [0.15, 0.2) is 30.8 Å². The lowest BCUT2D eigenvalue weighted by atomic mass is 10.2. The molecule has 0 fully saturated rings. The molecule has 0 amide bonds. The lowest BCUT2D eigenvalue weighted by Crippen LogP contribution is -2.16. The minimum Gasteiger partial charge on any atom is -0.406 e. The first kappa shape index (κ1) is 12.2. The zero-order valence-electron chi connectivity index (χ0n) is 9.86. The lowest BCUT2D eigenvalue weighted by Gasteiger charge is -2.09. The van der Waals surface area contributed by atoms with Gasteiger partial charge in [-0.2, -0.15) is 0 Å². The van der Waals surface area contributed by atoms with Crippen molar-refractivity contribution in [2.45, 2.75) is 13.8 Å². The molecule has 0 aliphatic carbocycles. The van der Waals surface area contributed by atoms with Crippen molar-refractivity contribution >= 4 is 6.08 Å². The Morgan fingerprint density at radius 1 is 1.25 bits per heavy atom. The Hall–Kier alpha value is -1.88. The summed E-state index contributed by atoms with van der Waals surface area (Å²) in [5, 5.41) is 0. The molecule has 0 spiro atoms. The normalized spacial score (nSPS) is 8.88. The molecule has 2 nitrogen and oxygen atoms in total. The molecule has 0 N–H and O–H groups in total. The molecule has 0 heterocycles. The largest absolute Gasteiger partial charge is 0.406 e. The van der Waals surface area contributed by atoms with Crippen LogP contribution in [0.2, 0.25) is 0 Å². The second kappa shape index (κ2) is 6.58. The zero-order chi connectivity index (χ0) is 11.8. The van der Waals surface area contributed by atoms with Gasteiger partial charge in [0.15, 0.2) is 0 Å². The van der Waals surface area contributed by atoms with Gasteiger partial charge in [-0.3, -0.25) is 0 Å². The van der Waals surface area contributed by atoms with Crippen molar-refractivity contribution < 1.29 is 4.74 Å². The SMILES string of the molecule is C=Cc1ccc(OC#CN(CC)CC)cc1. The Morgan fingerprint density at radius 3 is 2.38 bits per heavy atom. The highest BCUT2D eigenvalue weighted by Gasteiger charge is 1.92. The topological polar surface area (TPSA) is 12.5 Å². The van der Waals surface area contributed by atoms with E-state index in [0.717, 1.165) is 24.4 Å². The first-order valence-electron chi connectivity index (χ1n) is 5.45. The van der Waals surface area contributed by atoms with Crippen molar-refractivity contribution in [2.75, 3.05) is 13.1 Å². The van der Waals surface area contributed by atoms with Gasteiger partial charge >= 0.3 is 0 Å². The number of nitrogens with zero attached hydrogens (tertiary/aromatic N) is 1. The van der Waals surface area contributed by atoms with E-state index >= 15 is 0 Å². The summed E-state index contributed by atoms with van der Waals surface area (Å²) < 4.78 is 5.30. The fraction of sp³-hybridized carbons (Fsp3) is 0.286. The van der Waals surface area contributed by atoms with Gasteiger partial charge in [0.2, 0.25) is 0 Å². The molecule has 0 saturated heterocycles. The Kier molecular flexibility index (Phi) is 5.01. The Balaban J connectivity index is 2.56. The molecule has 0 saturated carbocycles. The van der Waals surface area contributed by atoms with Crippen molar-refractivity contribution in [3.05, 3.63) is 36.4 Å². The van der Waals surface area contributed by atoms with E-state index in [1.165, 1.54) is 0 Å². The van der Waals surface area contributed by atoms with Crippen LogP contribution in [0.3, 0.4) is 0 Å². The second-order valence-electron chi connectivity index (χ2n) is 3.26. The quantitative estimate of drug-likeness (QED) is 0.565. The third kappa shape index (κ3) is 3.70. The highest BCUT2D eigenvalue weighted by Crippen LogP contribution is 2.12. The first-order valence-corrected chi connectivity index (χ1v) is 5.45. The van der Waals surface area contributed by atoms with E-state index in [1.54, 1.807) is 6.08 Å². The number of hydrogen-bond donors (Lipinski definition) is 0. The molecule has 0 aromatic heterocycles. The smallest absolute Gasteiger partial charge is 0.140 e. The van der Waals surface area contributed by atoms with Gasteiger partial charge in [0.1, 0.15) is 11.9 Å². The summed E-state index contributed by atoms with van der Waals surface area (Å²) in [7, 11) is 0. The van der Waals surface area contributed by atoms with Gasteiger partial charge in [0, 0.05) is 13.1 Å². The molecule has 16 heavy (non-hydrogen) atoms. The van der Waals surface area contributed by atoms with Crippen molar-refractivity contribution in [3.8, 4) is 17.9 Å². The Labute approximate surface area is 97.5 Å². The summed E-state index contributed by atoms with van der Waals surface area (Å²) in [6.45, 7) is 9.64. The van der Waals surface area contributed by atoms with Crippen molar-refractivity contribution in [2.24, 2.45) is 0 Å². The number of rotatable bonds is 4. The molecule has 2 heteroatoms. The molecule has 1 rings (SSSR count). The third-order valence-electron chi connectivity index (χ3n) is 2.25. The van der Waals surface area contributed by atoms with E-state index in [1.807, 2.05) is 29.2 Å². The van der Waals surface area contributed by atoms with Gasteiger partial charge in [-0.05, 0) is 31.5 Å². The van der Waals surface area contributed by atoms with Gasteiger partial charge in [-0.15, -0.1) is 0 Å². The van der Waals surface area contributed by atoms with Crippen LogP contribution in [0.1, 0.15) is 19.4 Å². The Morgan fingerprint density at radius 2 is 1.88 bits per heavy atom. The molecular formula is C14H17NO. The van der Waals surface area contributed by atoms with E-state index < -0.39 is 0 Å². The fourth-order valence-corrected chi connectivity index (χ4v) is 1.20. The molecular weight excluding hydrogens is 198 g/mol. The highest BCUT2D eigenvalue weighted by molar-refractivity contribution is 5.48. The number of ether oxygens (including phenoxy) is 1. The number of benzene rings is 1. The molecule has 1 aromatic carbocycles. The summed E-state index contributed by atoms with van der Waals surface area (Å²) in [6.07, 6.45) is 4.49. The van der Waals surface area contributed by atoms with Crippen molar-refractivity contribution in [1.82, 2.24) is 4.90 Å². The van der Waals surface area contributed by atoms with Gasteiger partial charge < -0.3 is 9.64 Å². The van der Waals surface area contributed by atoms with Crippen LogP contribution in [0, 0.1) is 12.2 Å². The highest BCUT2D eigenvalue weighted by atomic mass is 16.5. The first-order chi connectivity index (χ1) is 7.80. The van der Waals surface area contributed by atoms with Crippen LogP contribution in [0.5, 0.6) is 5.75 Å². The molecule has 0 aliphatic rings. The molecule has 1 aromatic rings.